The predicted molar refractivity (Wildman–Crippen MR) is 146 cm³/mol. The van der Waals surface area contributed by atoms with E-state index in [9.17, 15) is 9.59 Å². The van der Waals surface area contributed by atoms with Crippen molar-refractivity contribution in [2.75, 3.05) is 13.7 Å². The number of amides is 1. The number of ketones is 1. The summed E-state index contributed by atoms with van der Waals surface area (Å²) in [7, 11) is 1.63. The molecule has 0 unspecified atom stereocenters. The molecule has 1 amide bonds. The van der Waals surface area contributed by atoms with Crippen LogP contribution in [0, 0.1) is 10.8 Å². The van der Waals surface area contributed by atoms with Gasteiger partial charge in [0.1, 0.15) is 22.1 Å². The van der Waals surface area contributed by atoms with E-state index in [4.69, 9.17) is 14.5 Å². The van der Waals surface area contributed by atoms with Crippen molar-refractivity contribution >= 4 is 33.4 Å². The van der Waals surface area contributed by atoms with Gasteiger partial charge in [0.25, 0.3) is 0 Å². The molecule has 0 aliphatic heterocycles. The minimum absolute atomic E-state index is 0.0901. The van der Waals surface area contributed by atoms with E-state index in [1.165, 1.54) is 0 Å². The summed E-state index contributed by atoms with van der Waals surface area (Å²) in [6.45, 7) is 15.5. The second-order valence-corrected chi connectivity index (χ2v) is 12.9. The number of methoxy groups -OCH3 is 1. The van der Waals surface area contributed by atoms with Crippen LogP contribution in [0.3, 0.4) is 0 Å². The van der Waals surface area contributed by atoms with Crippen molar-refractivity contribution in [2.45, 2.75) is 67.5 Å². The van der Waals surface area contributed by atoms with Gasteiger partial charge in [-0.15, -0.1) is 11.3 Å². The molecule has 3 aromatic rings. The number of carbonyl (C=O) groups is 2. The van der Waals surface area contributed by atoms with Crippen LogP contribution in [0.1, 0.15) is 61.0 Å². The lowest BCUT2D eigenvalue weighted by atomic mass is 9.74. The first-order chi connectivity index (χ1) is 16.6. The van der Waals surface area contributed by atoms with Crippen LogP contribution in [0.2, 0.25) is 0 Å². The molecule has 36 heavy (non-hydrogen) atoms. The van der Waals surface area contributed by atoms with Gasteiger partial charge in [0.2, 0.25) is 0 Å². The zero-order chi connectivity index (χ0) is 26.9. The molecule has 3 rings (SSSR count). The molecule has 0 spiro atoms. The first-order valence-electron chi connectivity index (χ1n) is 12.2. The number of ether oxygens (including phenoxy) is 2. The van der Waals surface area contributed by atoms with Crippen LogP contribution < -0.4 is 4.74 Å². The Hall–Kier alpha value is -2.93. The fraction of sp³-hybridized carbons (Fsp3) is 0.483. The van der Waals surface area contributed by atoms with Gasteiger partial charge in [0, 0.05) is 23.9 Å². The van der Waals surface area contributed by atoms with Crippen LogP contribution in [0.5, 0.6) is 5.75 Å². The van der Waals surface area contributed by atoms with Crippen molar-refractivity contribution < 1.29 is 19.1 Å². The Morgan fingerprint density at radius 2 is 1.64 bits per heavy atom. The molecule has 1 aromatic heterocycles. The molecule has 0 aliphatic carbocycles. The molecule has 0 radical (unpaired) electrons. The van der Waals surface area contributed by atoms with Crippen LogP contribution in [0.4, 0.5) is 4.79 Å². The van der Waals surface area contributed by atoms with E-state index in [0.29, 0.717) is 5.75 Å². The number of rotatable bonds is 7. The minimum Gasteiger partial charge on any atom is -0.496 e. The highest BCUT2D eigenvalue weighted by atomic mass is 32.1. The van der Waals surface area contributed by atoms with Crippen LogP contribution in [-0.2, 0) is 16.1 Å². The van der Waals surface area contributed by atoms with Crippen molar-refractivity contribution in [3.8, 4) is 16.3 Å². The fourth-order valence-electron chi connectivity index (χ4n) is 4.29. The number of hydrogen-bond donors (Lipinski definition) is 0. The summed E-state index contributed by atoms with van der Waals surface area (Å²) >= 11 is 1.61. The highest BCUT2D eigenvalue weighted by Gasteiger charge is 2.39. The quantitative estimate of drug-likeness (QED) is 0.332. The van der Waals surface area contributed by atoms with Crippen molar-refractivity contribution in [3.05, 3.63) is 48.0 Å². The summed E-state index contributed by atoms with van der Waals surface area (Å²) in [5.74, 6) is 0.771. The molecular weight excluding hydrogens is 472 g/mol. The largest absolute Gasteiger partial charge is 0.496 e. The molecule has 0 saturated carbocycles. The van der Waals surface area contributed by atoms with E-state index in [0.717, 1.165) is 26.4 Å². The molecule has 0 bridgehead atoms. The Kier molecular flexibility index (Phi) is 7.84. The van der Waals surface area contributed by atoms with Gasteiger partial charge in [-0.2, -0.15) is 0 Å². The number of benzene rings is 2. The van der Waals surface area contributed by atoms with Gasteiger partial charge in [0.15, 0.2) is 0 Å². The lowest BCUT2D eigenvalue weighted by Gasteiger charge is -2.36. The first-order valence-corrected chi connectivity index (χ1v) is 13.0. The number of aromatic nitrogens is 1. The normalized spacial score (nSPS) is 12.5. The van der Waals surface area contributed by atoms with Crippen LogP contribution in [-0.4, -0.2) is 41.0 Å². The number of thiazole rings is 1. The van der Waals surface area contributed by atoms with E-state index >= 15 is 0 Å². The average Bonchev–Trinajstić information content (AvgIpc) is 3.20. The Balaban J connectivity index is 1.93. The average molecular weight is 511 g/mol. The Labute approximate surface area is 218 Å². The third-order valence-electron chi connectivity index (χ3n) is 5.70. The van der Waals surface area contributed by atoms with Crippen LogP contribution in [0.25, 0.3) is 20.8 Å². The number of hydrogen-bond acceptors (Lipinski definition) is 6. The van der Waals surface area contributed by atoms with Crippen LogP contribution in [0.15, 0.2) is 42.5 Å². The summed E-state index contributed by atoms with van der Waals surface area (Å²) in [4.78, 5) is 32.7. The summed E-state index contributed by atoms with van der Waals surface area (Å²) in [5, 5.41) is 0.875. The smallest absolute Gasteiger partial charge is 0.410 e. The summed E-state index contributed by atoms with van der Waals surface area (Å²) < 4.78 is 12.5. The highest BCUT2D eigenvalue weighted by molar-refractivity contribution is 7.21. The molecule has 0 saturated heterocycles. The lowest BCUT2D eigenvalue weighted by molar-refractivity contribution is -0.135. The van der Waals surface area contributed by atoms with Crippen molar-refractivity contribution in [3.63, 3.8) is 0 Å². The number of carbonyl (C=O) groups excluding carboxylic acids is 2. The van der Waals surface area contributed by atoms with Gasteiger partial charge in [-0.05, 0) is 50.6 Å². The Morgan fingerprint density at radius 3 is 2.22 bits per heavy atom. The molecule has 0 atom stereocenters. The summed E-state index contributed by atoms with van der Waals surface area (Å²) in [6, 6.07) is 13.9. The van der Waals surface area contributed by atoms with Crippen LogP contribution >= 0.6 is 11.3 Å². The maximum atomic E-state index is 13.2. The first kappa shape index (κ1) is 27.7. The second kappa shape index (κ2) is 10.2. The molecular formula is C29H38N2O4S. The zero-order valence-electron chi connectivity index (χ0n) is 22.9. The SMILES string of the molecule is COc1cc(CN(CC(C)(C)C(=O)C(C)(C)C)C(=O)OC(C)(C)C)ccc1-c1nc2ccccc2s1. The fourth-order valence-corrected chi connectivity index (χ4v) is 5.29. The molecule has 6 nitrogen and oxygen atoms in total. The van der Waals surface area contributed by atoms with Gasteiger partial charge in [-0.1, -0.05) is 52.8 Å². The van der Waals surface area contributed by atoms with Gasteiger partial charge >= 0.3 is 6.09 Å². The predicted octanol–water partition coefficient (Wildman–Crippen LogP) is 7.35. The minimum atomic E-state index is -0.750. The van der Waals surface area contributed by atoms with E-state index in [1.807, 2.05) is 91.8 Å². The lowest BCUT2D eigenvalue weighted by Crippen LogP contribution is -2.47. The summed E-state index contributed by atoms with van der Waals surface area (Å²) in [5.41, 5.74) is 0.800. The maximum Gasteiger partial charge on any atom is 0.410 e. The molecule has 0 fully saturated rings. The number of Topliss-reactive ketones (excluding diaryl/α,β-unsaturated/α-hetero) is 1. The molecule has 1 heterocycles. The van der Waals surface area contributed by atoms with Crippen molar-refractivity contribution in [2.24, 2.45) is 10.8 Å². The third kappa shape index (κ3) is 6.64. The van der Waals surface area contributed by atoms with E-state index in [-0.39, 0.29) is 18.9 Å². The third-order valence-corrected chi connectivity index (χ3v) is 6.77. The maximum absolute atomic E-state index is 13.2. The zero-order valence-corrected chi connectivity index (χ0v) is 23.7. The molecule has 7 heteroatoms. The summed E-state index contributed by atoms with van der Waals surface area (Å²) in [6.07, 6.45) is -0.452. The van der Waals surface area contributed by atoms with Gasteiger partial charge < -0.3 is 14.4 Å². The van der Waals surface area contributed by atoms with Crippen molar-refractivity contribution in [1.82, 2.24) is 9.88 Å². The second-order valence-electron chi connectivity index (χ2n) is 11.8. The van der Waals surface area contributed by atoms with E-state index in [2.05, 4.69) is 6.07 Å². The number of fused-ring (bicyclic) bond motifs is 1. The Bertz CT molecular complexity index is 1220. The van der Waals surface area contributed by atoms with E-state index in [1.54, 1.807) is 23.3 Å². The highest BCUT2D eigenvalue weighted by Crippen LogP contribution is 2.37. The molecule has 0 N–H and O–H groups in total. The van der Waals surface area contributed by atoms with Gasteiger partial charge in [-0.3, -0.25) is 4.79 Å². The molecule has 0 aliphatic rings. The Morgan fingerprint density at radius 1 is 0.972 bits per heavy atom. The van der Waals surface area contributed by atoms with Crippen molar-refractivity contribution in [1.29, 1.82) is 0 Å². The topological polar surface area (TPSA) is 68.7 Å². The van der Waals surface area contributed by atoms with E-state index < -0.39 is 22.5 Å². The standard InChI is InChI=1S/C29H38N2O4S/c1-27(2,3)25(32)29(7,8)18-31(26(33)35-28(4,5)6)17-19-14-15-20(22(16-19)34-9)24-30-21-12-10-11-13-23(21)36-24/h10-16H,17-18H2,1-9H3. The van der Waals surface area contributed by atoms with Gasteiger partial charge in [-0.25, -0.2) is 9.78 Å². The monoisotopic (exact) mass is 510 g/mol. The number of para-hydroxylation sites is 1. The van der Waals surface area contributed by atoms with Gasteiger partial charge in [0.05, 0.1) is 22.9 Å². The molecule has 2 aromatic carbocycles. The molecule has 194 valence electrons. The number of nitrogens with zero attached hydrogens (tertiary/aromatic N) is 2.